The van der Waals surface area contributed by atoms with Crippen LogP contribution in [0.3, 0.4) is 0 Å². The minimum atomic E-state index is -0.385. The molecule has 0 aromatic rings. The van der Waals surface area contributed by atoms with Crippen LogP contribution >= 0.6 is 0 Å². The molecule has 5 aliphatic rings. The number of carbonyl (C=O) groups is 3. The third-order valence-corrected chi connectivity index (χ3v) is 5.46. The molecular formula is C13H15NO4. The lowest BCUT2D eigenvalue weighted by Gasteiger charge is -2.27. The van der Waals surface area contributed by atoms with Crippen LogP contribution in [0.2, 0.25) is 0 Å². The molecule has 5 rings (SSSR count). The van der Waals surface area contributed by atoms with Crippen molar-refractivity contribution in [3.8, 4) is 0 Å². The molecule has 0 aromatic heterocycles. The van der Waals surface area contributed by atoms with Crippen molar-refractivity contribution in [3.63, 3.8) is 0 Å². The Bertz CT molecular complexity index is 442. The molecule has 5 fully saturated rings. The third kappa shape index (κ3) is 1.10. The molecule has 18 heavy (non-hydrogen) atoms. The highest BCUT2D eigenvalue weighted by Crippen LogP contribution is 2.70. The quantitative estimate of drug-likeness (QED) is 0.686. The van der Waals surface area contributed by atoms with Gasteiger partial charge in [-0.05, 0) is 43.4 Å². The second kappa shape index (κ2) is 3.13. The summed E-state index contributed by atoms with van der Waals surface area (Å²) in [6.07, 6.45) is 4.37. The van der Waals surface area contributed by atoms with Crippen molar-refractivity contribution in [2.45, 2.75) is 38.5 Å². The summed E-state index contributed by atoms with van der Waals surface area (Å²) in [5.74, 6) is 0.667. The summed E-state index contributed by atoms with van der Waals surface area (Å²) in [4.78, 5) is 40.4. The summed E-state index contributed by atoms with van der Waals surface area (Å²) in [6, 6.07) is 0. The van der Waals surface area contributed by atoms with Crippen molar-refractivity contribution < 1.29 is 19.2 Å². The van der Waals surface area contributed by atoms with Gasteiger partial charge in [0.15, 0.2) is 0 Å². The lowest BCUT2D eigenvalue weighted by molar-refractivity contribution is -0.206. The second-order valence-electron chi connectivity index (χ2n) is 6.21. The molecule has 0 spiro atoms. The molecule has 2 atom stereocenters. The number of nitrogens with zero attached hydrogens (tertiary/aromatic N) is 1. The van der Waals surface area contributed by atoms with Crippen LogP contribution in [-0.2, 0) is 19.2 Å². The van der Waals surface area contributed by atoms with Crippen LogP contribution in [0.15, 0.2) is 0 Å². The monoisotopic (exact) mass is 249 g/mol. The molecule has 2 amide bonds. The van der Waals surface area contributed by atoms with E-state index in [0.29, 0.717) is 22.8 Å². The maximum Gasteiger partial charge on any atom is 0.339 e. The molecular weight excluding hydrogens is 234 g/mol. The summed E-state index contributed by atoms with van der Waals surface area (Å²) in [5, 5.41) is 0.695. The largest absolute Gasteiger partial charge is 0.339 e. The van der Waals surface area contributed by atoms with E-state index in [-0.39, 0.29) is 36.0 Å². The van der Waals surface area contributed by atoms with Crippen molar-refractivity contribution in [3.05, 3.63) is 0 Å². The Morgan fingerprint density at radius 2 is 1.67 bits per heavy atom. The summed E-state index contributed by atoms with van der Waals surface area (Å²) < 4.78 is 0. The molecule has 1 heterocycles. The van der Waals surface area contributed by atoms with Gasteiger partial charge in [0.05, 0.1) is 5.41 Å². The predicted octanol–water partition coefficient (Wildman–Crippen LogP) is 1.03. The average molecular weight is 249 g/mol. The molecule has 4 saturated carbocycles. The van der Waals surface area contributed by atoms with Crippen LogP contribution in [0.5, 0.6) is 0 Å². The zero-order chi connectivity index (χ0) is 12.5. The van der Waals surface area contributed by atoms with Gasteiger partial charge >= 0.3 is 5.97 Å². The summed E-state index contributed by atoms with van der Waals surface area (Å²) >= 11 is 0. The minimum absolute atomic E-state index is 0.161. The SMILES string of the molecule is O=C1CCC(=O)N1OC(=O)C12CC3CC1CC3C2. The number of imide groups is 1. The maximum atomic E-state index is 12.3. The Hall–Kier alpha value is -1.39. The van der Waals surface area contributed by atoms with Gasteiger partial charge in [-0.1, -0.05) is 0 Å². The van der Waals surface area contributed by atoms with E-state index in [1.807, 2.05) is 0 Å². The summed E-state index contributed by atoms with van der Waals surface area (Å²) in [7, 11) is 0. The topological polar surface area (TPSA) is 63.7 Å². The fourth-order valence-electron chi connectivity index (χ4n) is 4.68. The number of hydrogen-bond donors (Lipinski definition) is 0. The molecule has 0 aromatic carbocycles. The van der Waals surface area contributed by atoms with Crippen LogP contribution in [0.25, 0.3) is 0 Å². The number of amides is 2. The average Bonchev–Trinajstić information content (AvgIpc) is 3.07. The molecule has 5 nitrogen and oxygen atoms in total. The van der Waals surface area contributed by atoms with Crippen LogP contribution < -0.4 is 0 Å². The summed E-state index contributed by atoms with van der Waals surface area (Å²) in [6.45, 7) is 0. The molecule has 0 N–H and O–H groups in total. The standard InChI is InChI=1S/C13H15NO4/c15-10-1-2-11(16)14(10)18-12(17)13-5-7-3-9(13)4-8(7)6-13/h7-9H,1-6H2. The zero-order valence-corrected chi connectivity index (χ0v) is 10.1. The van der Waals surface area contributed by atoms with E-state index in [1.165, 1.54) is 0 Å². The van der Waals surface area contributed by atoms with Gasteiger partial charge in [0.2, 0.25) is 0 Å². The van der Waals surface area contributed by atoms with E-state index < -0.39 is 0 Å². The first-order valence-corrected chi connectivity index (χ1v) is 6.68. The van der Waals surface area contributed by atoms with E-state index in [4.69, 9.17) is 4.84 Å². The van der Waals surface area contributed by atoms with Gasteiger partial charge in [-0.3, -0.25) is 9.59 Å². The zero-order valence-electron chi connectivity index (χ0n) is 10.1. The molecule has 2 unspecified atom stereocenters. The third-order valence-electron chi connectivity index (χ3n) is 5.46. The normalized spacial score (nSPS) is 44.4. The summed E-state index contributed by atoms with van der Waals surface area (Å²) in [5.41, 5.74) is -0.377. The number of carbonyl (C=O) groups excluding carboxylic acids is 3. The van der Waals surface area contributed by atoms with Crippen molar-refractivity contribution in [2.75, 3.05) is 0 Å². The van der Waals surface area contributed by atoms with Gasteiger partial charge in [-0.2, -0.15) is 0 Å². The Balaban J connectivity index is 1.55. The number of hydroxylamine groups is 2. The first kappa shape index (κ1) is 10.5. The maximum absolute atomic E-state index is 12.3. The molecule has 4 bridgehead atoms. The van der Waals surface area contributed by atoms with Crippen LogP contribution in [0.4, 0.5) is 0 Å². The highest BCUT2D eigenvalue weighted by atomic mass is 16.7. The van der Waals surface area contributed by atoms with E-state index in [1.54, 1.807) is 0 Å². The lowest BCUT2D eigenvalue weighted by atomic mass is 9.81. The molecule has 1 aliphatic heterocycles. The molecule has 0 radical (unpaired) electrons. The van der Waals surface area contributed by atoms with Crippen molar-refractivity contribution >= 4 is 17.8 Å². The van der Waals surface area contributed by atoms with Gasteiger partial charge in [-0.15, -0.1) is 5.06 Å². The minimum Gasteiger partial charge on any atom is -0.330 e. The van der Waals surface area contributed by atoms with Crippen LogP contribution in [-0.4, -0.2) is 22.8 Å². The lowest BCUT2D eigenvalue weighted by Crippen LogP contribution is -2.40. The first-order chi connectivity index (χ1) is 8.60. The fraction of sp³-hybridized carbons (Fsp3) is 0.769. The van der Waals surface area contributed by atoms with Gasteiger partial charge in [0, 0.05) is 12.8 Å². The van der Waals surface area contributed by atoms with E-state index >= 15 is 0 Å². The van der Waals surface area contributed by atoms with Crippen LogP contribution in [0.1, 0.15) is 38.5 Å². The fourth-order valence-corrected chi connectivity index (χ4v) is 4.68. The highest BCUT2D eigenvalue weighted by Gasteiger charge is 2.67. The molecule has 4 aliphatic carbocycles. The Morgan fingerprint density at radius 3 is 2.11 bits per heavy atom. The molecule has 1 saturated heterocycles. The van der Waals surface area contributed by atoms with Crippen molar-refractivity contribution in [2.24, 2.45) is 23.2 Å². The smallest absolute Gasteiger partial charge is 0.330 e. The first-order valence-electron chi connectivity index (χ1n) is 6.68. The van der Waals surface area contributed by atoms with E-state index in [9.17, 15) is 14.4 Å². The van der Waals surface area contributed by atoms with Gasteiger partial charge in [0.25, 0.3) is 11.8 Å². The van der Waals surface area contributed by atoms with Crippen LogP contribution in [0, 0.1) is 23.2 Å². The van der Waals surface area contributed by atoms with Gasteiger partial charge in [0.1, 0.15) is 0 Å². The van der Waals surface area contributed by atoms with E-state index in [0.717, 1.165) is 25.7 Å². The number of rotatable bonds is 2. The van der Waals surface area contributed by atoms with Gasteiger partial charge < -0.3 is 4.84 Å². The predicted molar refractivity (Wildman–Crippen MR) is 58.6 cm³/mol. The molecule has 5 heteroatoms. The highest BCUT2D eigenvalue weighted by molar-refractivity contribution is 6.01. The van der Waals surface area contributed by atoms with E-state index in [2.05, 4.69) is 0 Å². The second-order valence-corrected chi connectivity index (χ2v) is 6.21. The Kier molecular flexibility index (Phi) is 1.83. The van der Waals surface area contributed by atoms with Crippen molar-refractivity contribution in [1.29, 1.82) is 0 Å². The van der Waals surface area contributed by atoms with Crippen molar-refractivity contribution in [1.82, 2.24) is 5.06 Å². The number of hydrogen-bond acceptors (Lipinski definition) is 4. The molecule has 96 valence electrons. The van der Waals surface area contributed by atoms with Gasteiger partial charge in [-0.25, -0.2) is 4.79 Å². The Labute approximate surface area is 104 Å². The Morgan fingerprint density at radius 1 is 1.11 bits per heavy atom.